The second-order valence-electron chi connectivity index (χ2n) is 3.62. The molecule has 0 heterocycles. The summed E-state index contributed by atoms with van der Waals surface area (Å²) in [5, 5.41) is 13.9. The first-order valence-electron chi connectivity index (χ1n) is 5.19. The molecule has 2 amide bonds. The smallest absolute Gasteiger partial charge is 0.315 e. The van der Waals surface area contributed by atoms with Crippen LogP contribution in [-0.4, -0.2) is 29.7 Å². The Morgan fingerprint density at radius 3 is 2.56 bits per heavy atom. The van der Waals surface area contributed by atoms with Gasteiger partial charge in [0, 0.05) is 19.0 Å². The third-order valence-corrected chi connectivity index (χ3v) is 2.28. The topological polar surface area (TPSA) is 78.4 Å². The summed E-state index contributed by atoms with van der Waals surface area (Å²) in [4.78, 5) is 21.9. The van der Waals surface area contributed by atoms with E-state index >= 15 is 0 Å². The molecular weight excluding hydrogens is 208 g/mol. The van der Waals surface area contributed by atoms with Gasteiger partial charge in [0.15, 0.2) is 0 Å². The van der Waals surface area contributed by atoms with Crippen molar-refractivity contribution < 1.29 is 14.7 Å². The van der Waals surface area contributed by atoms with Crippen LogP contribution in [0.3, 0.4) is 0 Å². The Labute approximate surface area is 95.6 Å². The summed E-state index contributed by atoms with van der Waals surface area (Å²) in [5.74, 6) is 0.921. The minimum absolute atomic E-state index is 0.363. The van der Waals surface area contributed by atoms with Gasteiger partial charge in [-0.25, -0.2) is 4.79 Å². The molecule has 0 aromatic heterocycles. The number of amides is 2. The summed E-state index contributed by atoms with van der Waals surface area (Å²) in [6, 6.07) is -0.775. The summed E-state index contributed by atoms with van der Waals surface area (Å²) in [7, 11) is 0. The molecule has 0 bridgehead atoms. The number of nitrogens with one attached hydrogen (secondary N) is 2. The summed E-state index contributed by atoms with van der Waals surface area (Å²) in [6.07, 6.45) is 6.38. The number of hydrogen-bond donors (Lipinski definition) is 3. The van der Waals surface area contributed by atoms with Crippen LogP contribution in [-0.2, 0) is 4.79 Å². The van der Waals surface area contributed by atoms with Gasteiger partial charge in [-0.15, -0.1) is 12.3 Å². The Bertz CT molecular complexity index is 283. The highest BCUT2D eigenvalue weighted by Crippen LogP contribution is 2.01. The fourth-order valence-corrected chi connectivity index (χ4v) is 0.989. The molecule has 0 rings (SSSR count). The normalized spacial score (nSPS) is 13.3. The number of carbonyl (C=O) groups excluding carboxylic acids is 1. The largest absolute Gasteiger partial charge is 0.481 e. The van der Waals surface area contributed by atoms with Crippen LogP contribution in [0.5, 0.6) is 0 Å². The van der Waals surface area contributed by atoms with Gasteiger partial charge in [-0.2, -0.15) is 0 Å². The Morgan fingerprint density at radius 1 is 1.44 bits per heavy atom. The van der Waals surface area contributed by atoms with Crippen LogP contribution in [0.4, 0.5) is 4.79 Å². The molecule has 0 aromatic carbocycles. The minimum Gasteiger partial charge on any atom is -0.481 e. The third kappa shape index (κ3) is 5.91. The van der Waals surface area contributed by atoms with Gasteiger partial charge in [0.2, 0.25) is 0 Å². The van der Waals surface area contributed by atoms with Gasteiger partial charge in [0.25, 0.3) is 0 Å². The standard InChI is InChI=1S/C11H18N2O3/c1-4-5-6-7-12-11(16)13-9(3)8(2)10(14)15/h1,8-9H,5-7H2,2-3H3,(H,14,15)(H2,12,13,16). The van der Waals surface area contributed by atoms with E-state index in [0.717, 1.165) is 0 Å². The number of carbonyl (C=O) groups is 2. The fraction of sp³-hybridized carbons (Fsp3) is 0.636. The highest BCUT2D eigenvalue weighted by atomic mass is 16.4. The molecule has 5 heteroatoms. The maximum absolute atomic E-state index is 11.3. The monoisotopic (exact) mass is 226 g/mol. The maximum Gasteiger partial charge on any atom is 0.315 e. The van der Waals surface area contributed by atoms with Crippen LogP contribution >= 0.6 is 0 Å². The van der Waals surface area contributed by atoms with Crippen molar-refractivity contribution in [3.63, 3.8) is 0 Å². The van der Waals surface area contributed by atoms with E-state index in [0.29, 0.717) is 19.4 Å². The van der Waals surface area contributed by atoms with Crippen molar-refractivity contribution in [2.75, 3.05) is 6.54 Å². The molecule has 90 valence electrons. The minimum atomic E-state index is -0.930. The van der Waals surface area contributed by atoms with Gasteiger partial charge >= 0.3 is 12.0 Å². The second kappa shape index (κ2) is 7.57. The zero-order valence-electron chi connectivity index (χ0n) is 9.62. The lowest BCUT2D eigenvalue weighted by Gasteiger charge is -2.17. The maximum atomic E-state index is 11.3. The van der Waals surface area contributed by atoms with Crippen molar-refractivity contribution in [3.8, 4) is 12.3 Å². The van der Waals surface area contributed by atoms with Gasteiger partial charge in [0.1, 0.15) is 0 Å². The molecule has 0 fully saturated rings. The second-order valence-corrected chi connectivity index (χ2v) is 3.62. The Kier molecular flexibility index (Phi) is 6.77. The predicted octanol–water partition coefficient (Wildman–Crippen LogP) is 0.808. The first kappa shape index (κ1) is 14.3. The molecule has 0 saturated heterocycles. The molecule has 2 atom stereocenters. The highest BCUT2D eigenvalue weighted by molar-refractivity contribution is 5.76. The number of unbranched alkanes of at least 4 members (excludes halogenated alkanes) is 1. The highest BCUT2D eigenvalue weighted by Gasteiger charge is 2.20. The average molecular weight is 226 g/mol. The number of carboxylic acids is 1. The van der Waals surface area contributed by atoms with Crippen molar-refractivity contribution in [2.45, 2.75) is 32.7 Å². The van der Waals surface area contributed by atoms with E-state index in [1.807, 2.05) is 0 Å². The zero-order chi connectivity index (χ0) is 12.6. The summed E-state index contributed by atoms with van der Waals surface area (Å²) in [5.41, 5.74) is 0. The Hall–Kier alpha value is -1.70. The van der Waals surface area contributed by atoms with E-state index in [-0.39, 0.29) is 6.03 Å². The van der Waals surface area contributed by atoms with E-state index < -0.39 is 17.9 Å². The molecule has 2 unspecified atom stereocenters. The fourth-order valence-electron chi connectivity index (χ4n) is 0.989. The van der Waals surface area contributed by atoms with Crippen molar-refractivity contribution in [1.82, 2.24) is 10.6 Å². The molecule has 5 nitrogen and oxygen atoms in total. The van der Waals surface area contributed by atoms with Crippen LogP contribution in [0, 0.1) is 18.3 Å². The first-order chi connectivity index (χ1) is 7.49. The van der Waals surface area contributed by atoms with E-state index in [4.69, 9.17) is 11.5 Å². The van der Waals surface area contributed by atoms with Crippen molar-refractivity contribution in [3.05, 3.63) is 0 Å². The molecular formula is C11H18N2O3. The molecule has 0 aliphatic carbocycles. The summed E-state index contributed by atoms with van der Waals surface area (Å²) in [6.45, 7) is 3.69. The quantitative estimate of drug-likeness (QED) is 0.463. The molecule has 0 aliphatic heterocycles. The van der Waals surface area contributed by atoms with E-state index in [1.54, 1.807) is 13.8 Å². The van der Waals surface area contributed by atoms with Gasteiger partial charge in [-0.3, -0.25) is 4.79 Å². The molecule has 0 saturated carbocycles. The van der Waals surface area contributed by atoms with Crippen LogP contribution in [0.2, 0.25) is 0 Å². The SMILES string of the molecule is C#CCCCNC(=O)NC(C)C(C)C(=O)O. The number of terminal acetylenes is 1. The van der Waals surface area contributed by atoms with Crippen LogP contribution in [0.25, 0.3) is 0 Å². The van der Waals surface area contributed by atoms with E-state index in [9.17, 15) is 9.59 Å². The zero-order valence-corrected chi connectivity index (χ0v) is 9.62. The number of hydrogen-bond acceptors (Lipinski definition) is 2. The van der Waals surface area contributed by atoms with Crippen LogP contribution < -0.4 is 10.6 Å². The van der Waals surface area contributed by atoms with Crippen LogP contribution in [0.15, 0.2) is 0 Å². The average Bonchev–Trinajstić information content (AvgIpc) is 2.23. The molecule has 0 radical (unpaired) electrons. The van der Waals surface area contributed by atoms with Gasteiger partial charge < -0.3 is 15.7 Å². The molecule has 3 N–H and O–H groups in total. The summed E-state index contributed by atoms with van der Waals surface area (Å²) >= 11 is 0. The van der Waals surface area contributed by atoms with Crippen molar-refractivity contribution >= 4 is 12.0 Å². The van der Waals surface area contributed by atoms with Crippen molar-refractivity contribution in [2.24, 2.45) is 5.92 Å². The molecule has 16 heavy (non-hydrogen) atoms. The lowest BCUT2D eigenvalue weighted by Crippen LogP contribution is -2.45. The lowest BCUT2D eigenvalue weighted by atomic mass is 10.0. The van der Waals surface area contributed by atoms with Crippen LogP contribution in [0.1, 0.15) is 26.7 Å². The van der Waals surface area contributed by atoms with E-state index in [2.05, 4.69) is 16.6 Å². The van der Waals surface area contributed by atoms with Gasteiger partial charge in [-0.05, 0) is 20.3 Å². The van der Waals surface area contributed by atoms with Crippen molar-refractivity contribution in [1.29, 1.82) is 0 Å². The summed E-state index contributed by atoms with van der Waals surface area (Å²) < 4.78 is 0. The number of rotatable bonds is 6. The van der Waals surface area contributed by atoms with E-state index in [1.165, 1.54) is 0 Å². The Morgan fingerprint density at radius 2 is 2.06 bits per heavy atom. The number of aliphatic carboxylic acids is 1. The molecule has 0 spiro atoms. The third-order valence-electron chi connectivity index (χ3n) is 2.28. The molecule has 0 aromatic rings. The first-order valence-corrected chi connectivity index (χ1v) is 5.19. The number of carboxylic acid groups (broad SMARTS) is 1. The van der Waals surface area contributed by atoms with Gasteiger partial charge in [0.05, 0.1) is 5.92 Å². The molecule has 0 aliphatic rings. The van der Waals surface area contributed by atoms with Gasteiger partial charge in [-0.1, -0.05) is 0 Å². The number of urea groups is 1. The predicted molar refractivity (Wildman–Crippen MR) is 60.9 cm³/mol. The Balaban J connectivity index is 3.79. The lowest BCUT2D eigenvalue weighted by molar-refractivity contribution is -0.141.